The highest BCUT2D eigenvalue weighted by Gasteiger charge is 2.49. The maximum atomic E-state index is 9.72. The molecule has 1 fully saturated rings. The first-order chi connectivity index (χ1) is 22.7. The van der Waals surface area contributed by atoms with Crippen LogP contribution < -0.4 is 0 Å². The van der Waals surface area contributed by atoms with Gasteiger partial charge in [0.05, 0.1) is 44.7 Å². The molecule has 0 aromatic heterocycles. The van der Waals surface area contributed by atoms with Gasteiger partial charge in [0.15, 0.2) is 6.29 Å². The van der Waals surface area contributed by atoms with E-state index in [1.165, 1.54) is 0 Å². The molecule has 4 aromatic rings. The van der Waals surface area contributed by atoms with Gasteiger partial charge in [0.2, 0.25) is 0 Å². The van der Waals surface area contributed by atoms with Crippen LogP contribution in [0.4, 0.5) is 0 Å². The van der Waals surface area contributed by atoms with Gasteiger partial charge in [-0.15, -0.1) is 0 Å². The number of hydrogen-bond donors (Lipinski definition) is 0. The maximum Gasteiger partial charge on any atom is 0.186 e. The molecular weight excluding hydrogens is 578 g/mol. The fraction of sp³-hybridized carbons (Fsp3) is 0.359. The van der Waals surface area contributed by atoms with Gasteiger partial charge in [-0.05, 0) is 34.7 Å². The van der Waals surface area contributed by atoms with Crippen molar-refractivity contribution < 1.29 is 28.4 Å². The summed E-state index contributed by atoms with van der Waals surface area (Å²) in [4.78, 5) is 0. The topological polar surface area (TPSA) is 79.2 Å². The molecule has 0 radical (unpaired) electrons. The Morgan fingerprint density at radius 2 is 1.15 bits per heavy atom. The minimum atomic E-state index is -0.733. The molecule has 0 saturated carbocycles. The number of nitriles is 1. The monoisotopic (exact) mass is 621 g/mol. The summed E-state index contributed by atoms with van der Waals surface area (Å²) in [5.41, 5.74) is 4.49. The van der Waals surface area contributed by atoms with Crippen LogP contribution in [-0.4, -0.2) is 43.9 Å². The van der Waals surface area contributed by atoms with Crippen LogP contribution in [0.3, 0.4) is 0 Å². The molecule has 0 N–H and O–H groups in total. The van der Waals surface area contributed by atoms with Crippen molar-refractivity contribution >= 4 is 0 Å². The Bertz CT molecular complexity index is 1460. The van der Waals surface area contributed by atoms with Crippen LogP contribution in [0.5, 0.6) is 0 Å². The average molecular weight is 622 g/mol. The first kappa shape index (κ1) is 33.5. The predicted octanol–water partition coefficient (Wildman–Crippen LogP) is 7.37. The molecule has 0 spiro atoms. The summed E-state index contributed by atoms with van der Waals surface area (Å²) < 4.78 is 39.3. The highest BCUT2D eigenvalue weighted by molar-refractivity contribution is 5.36. The third-order valence-electron chi connectivity index (χ3n) is 7.90. The minimum absolute atomic E-state index is 0.192. The van der Waals surface area contributed by atoms with Gasteiger partial charge >= 0.3 is 0 Å². The van der Waals surface area contributed by atoms with Crippen molar-refractivity contribution in [2.24, 2.45) is 0 Å². The van der Waals surface area contributed by atoms with Crippen molar-refractivity contribution in [1.82, 2.24) is 0 Å². The molecule has 7 nitrogen and oxygen atoms in total. The molecule has 5 rings (SSSR count). The molecule has 1 saturated heterocycles. The van der Waals surface area contributed by atoms with E-state index < -0.39 is 30.7 Å². The SMILES string of the molecule is CCCCOC1O[C@H](COCc2ccccc2)[C@@H](OCc2ccccc2)[C@H](OCc2ccccc2)[C@H]1OCc1ccccc1C#N. The van der Waals surface area contributed by atoms with E-state index in [1.807, 2.05) is 109 Å². The second-order valence-electron chi connectivity index (χ2n) is 11.3. The average Bonchev–Trinajstić information content (AvgIpc) is 3.11. The Hall–Kier alpha value is -3.87. The Labute approximate surface area is 272 Å². The van der Waals surface area contributed by atoms with Gasteiger partial charge < -0.3 is 28.4 Å². The standard InChI is InChI=1S/C39H43NO6/c1-2-3-23-42-39-38(45-28-34-22-14-13-21-33(34)24-40)37(44-27-32-19-11-6-12-20-32)36(43-26-31-17-9-5-10-18-31)35(46-39)29-41-25-30-15-7-4-8-16-30/h4-22,35-39H,2-3,23,25-29H2,1H3/t35-,36-,37+,38-,39?/m1/s1. The van der Waals surface area contributed by atoms with Gasteiger partial charge in [-0.2, -0.15) is 5.26 Å². The molecule has 46 heavy (non-hydrogen) atoms. The van der Waals surface area contributed by atoms with Crippen LogP contribution in [0.25, 0.3) is 0 Å². The highest BCUT2D eigenvalue weighted by atomic mass is 16.7. The Morgan fingerprint density at radius 3 is 1.76 bits per heavy atom. The fourth-order valence-corrected chi connectivity index (χ4v) is 5.40. The van der Waals surface area contributed by atoms with Gasteiger partial charge in [0.1, 0.15) is 24.4 Å². The number of unbranched alkanes of at least 4 members (excludes halogenated alkanes) is 1. The third kappa shape index (κ3) is 9.81. The molecule has 1 unspecified atom stereocenters. The number of hydrogen-bond acceptors (Lipinski definition) is 7. The lowest BCUT2D eigenvalue weighted by Crippen LogP contribution is -2.61. The fourth-order valence-electron chi connectivity index (χ4n) is 5.40. The molecular formula is C39H43NO6. The zero-order valence-electron chi connectivity index (χ0n) is 26.4. The van der Waals surface area contributed by atoms with Crippen LogP contribution >= 0.6 is 0 Å². The van der Waals surface area contributed by atoms with Crippen molar-refractivity contribution in [2.45, 2.75) is 76.9 Å². The quantitative estimate of drug-likeness (QED) is 0.114. The number of nitrogens with zero attached hydrogens (tertiary/aromatic N) is 1. The zero-order chi connectivity index (χ0) is 31.8. The first-order valence-electron chi connectivity index (χ1n) is 16.0. The van der Waals surface area contributed by atoms with E-state index in [4.69, 9.17) is 28.4 Å². The summed E-state index contributed by atoms with van der Waals surface area (Å²) >= 11 is 0. The molecule has 1 aliphatic rings. The first-order valence-corrected chi connectivity index (χ1v) is 16.0. The normalized spacial score (nSPS) is 21.1. The molecule has 240 valence electrons. The predicted molar refractivity (Wildman–Crippen MR) is 175 cm³/mol. The second-order valence-corrected chi connectivity index (χ2v) is 11.3. The summed E-state index contributed by atoms with van der Waals surface area (Å²) in [5, 5.41) is 9.72. The molecule has 1 heterocycles. The van der Waals surface area contributed by atoms with E-state index in [0.717, 1.165) is 35.1 Å². The Kier molecular flexibility index (Phi) is 13.3. The molecule has 7 heteroatoms. The van der Waals surface area contributed by atoms with Gasteiger partial charge in [0, 0.05) is 6.61 Å². The van der Waals surface area contributed by atoms with Gasteiger partial charge in [-0.3, -0.25) is 0 Å². The molecule has 0 bridgehead atoms. The summed E-state index contributed by atoms with van der Waals surface area (Å²) in [7, 11) is 0. The molecule has 0 amide bonds. The van der Waals surface area contributed by atoms with Crippen LogP contribution in [0, 0.1) is 11.3 Å². The molecule has 4 aromatic carbocycles. The van der Waals surface area contributed by atoms with Crippen molar-refractivity contribution in [1.29, 1.82) is 5.26 Å². The highest BCUT2D eigenvalue weighted by Crippen LogP contribution is 2.32. The summed E-state index contributed by atoms with van der Waals surface area (Å²) in [6.45, 7) is 4.25. The second kappa shape index (κ2) is 18.3. The summed E-state index contributed by atoms with van der Waals surface area (Å²) in [5.74, 6) is 0. The lowest BCUT2D eigenvalue weighted by atomic mass is 9.97. The summed E-state index contributed by atoms with van der Waals surface area (Å²) in [6.07, 6.45) is -1.12. The zero-order valence-corrected chi connectivity index (χ0v) is 26.4. The lowest BCUT2D eigenvalue weighted by Gasteiger charge is -2.46. The van der Waals surface area contributed by atoms with Crippen LogP contribution in [0.2, 0.25) is 0 Å². The van der Waals surface area contributed by atoms with Gasteiger partial charge in [-0.1, -0.05) is 123 Å². The van der Waals surface area contributed by atoms with Crippen LogP contribution in [-0.2, 0) is 54.8 Å². The molecule has 5 atom stereocenters. The summed E-state index contributed by atoms with van der Waals surface area (Å²) in [6, 6.07) is 39.9. The van der Waals surface area contributed by atoms with E-state index in [2.05, 4.69) is 13.0 Å². The molecule has 0 aliphatic carbocycles. The van der Waals surface area contributed by atoms with Gasteiger partial charge in [-0.25, -0.2) is 0 Å². The lowest BCUT2D eigenvalue weighted by molar-refractivity contribution is -0.328. The largest absolute Gasteiger partial charge is 0.374 e. The van der Waals surface area contributed by atoms with Crippen molar-refractivity contribution in [2.75, 3.05) is 13.2 Å². The van der Waals surface area contributed by atoms with E-state index >= 15 is 0 Å². The molecule has 1 aliphatic heterocycles. The van der Waals surface area contributed by atoms with Crippen molar-refractivity contribution in [3.8, 4) is 6.07 Å². The third-order valence-corrected chi connectivity index (χ3v) is 7.90. The van der Waals surface area contributed by atoms with E-state index in [9.17, 15) is 5.26 Å². The maximum absolute atomic E-state index is 9.72. The number of benzene rings is 4. The Morgan fingerprint density at radius 1 is 0.609 bits per heavy atom. The Balaban J connectivity index is 1.44. The minimum Gasteiger partial charge on any atom is -0.374 e. The number of ether oxygens (including phenoxy) is 6. The van der Waals surface area contributed by atoms with E-state index in [-0.39, 0.29) is 13.2 Å². The van der Waals surface area contributed by atoms with Gasteiger partial charge in [0.25, 0.3) is 0 Å². The van der Waals surface area contributed by atoms with Crippen molar-refractivity contribution in [3.63, 3.8) is 0 Å². The van der Waals surface area contributed by atoms with E-state index in [1.54, 1.807) is 6.07 Å². The smallest absolute Gasteiger partial charge is 0.186 e. The van der Waals surface area contributed by atoms with Crippen LogP contribution in [0.15, 0.2) is 115 Å². The van der Waals surface area contributed by atoms with E-state index in [0.29, 0.717) is 32.0 Å². The van der Waals surface area contributed by atoms with Crippen LogP contribution in [0.1, 0.15) is 47.6 Å². The number of rotatable bonds is 17. The van der Waals surface area contributed by atoms with Crippen molar-refractivity contribution in [3.05, 3.63) is 143 Å².